The van der Waals surface area contributed by atoms with E-state index in [2.05, 4.69) is 22.4 Å². The van der Waals surface area contributed by atoms with Gasteiger partial charge >= 0.3 is 0 Å². The minimum absolute atomic E-state index is 0.0846. The molecular formula is C12H20N4OS. The van der Waals surface area contributed by atoms with Gasteiger partial charge in [-0.1, -0.05) is 6.92 Å². The van der Waals surface area contributed by atoms with Crippen LogP contribution >= 0.6 is 11.8 Å². The SMILES string of the molecule is CCCNc1ccc(C(=O)N(C)CCSC)nn1. The Morgan fingerprint density at radius 1 is 1.44 bits per heavy atom. The molecule has 0 saturated heterocycles. The highest BCUT2D eigenvalue weighted by atomic mass is 32.2. The zero-order valence-corrected chi connectivity index (χ0v) is 12.0. The van der Waals surface area contributed by atoms with Crippen molar-refractivity contribution in [3.05, 3.63) is 17.8 Å². The maximum absolute atomic E-state index is 12.0. The van der Waals surface area contributed by atoms with Gasteiger partial charge in [-0.3, -0.25) is 4.79 Å². The molecule has 1 aromatic rings. The maximum atomic E-state index is 12.0. The van der Waals surface area contributed by atoms with E-state index in [9.17, 15) is 4.79 Å². The number of carbonyl (C=O) groups is 1. The normalized spacial score (nSPS) is 10.2. The van der Waals surface area contributed by atoms with Gasteiger partial charge in [0.25, 0.3) is 5.91 Å². The van der Waals surface area contributed by atoms with Crippen LogP contribution in [0.1, 0.15) is 23.8 Å². The van der Waals surface area contributed by atoms with Crippen molar-refractivity contribution in [2.24, 2.45) is 0 Å². The molecule has 18 heavy (non-hydrogen) atoms. The van der Waals surface area contributed by atoms with Crippen molar-refractivity contribution >= 4 is 23.5 Å². The number of nitrogens with one attached hydrogen (secondary N) is 1. The smallest absolute Gasteiger partial charge is 0.274 e. The summed E-state index contributed by atoms with van der Waals surface area (Å²) in [6, 6.07) is 3.50. The zero-order valence-electron chi connectivity index (χ0n) is 11.1. The van der Waals surface area contributed by atoms with Crippen LogP contribution in [0.4, 0.5) is 5.82 Å². The number of nitrogens with zero attached hydrogens (tertiary/aromatic N) is 3. The molecule has 1 aromatic heterocycles. The Morgan fingerprint density at radius 3 is 2.78 bits per heavy atom. The van der Waals surface area contributed by atoms with Gasteiger partial charge in [-0.05, 0) is 24.8 Å². The van der Waals surface area contributed by atoms with Crippen LogP contribution in [0.5, 0.6) is 0 Å². The topological polar surface area (TPSA) is 58.1 Å². The number of amides is 1. The molecule has 5 nitrogen and oxygen atoms in total. The summed E-state index contributed by atoms with van der Waals surface area (Å²) in [6.45, 7) is 3.66. The van der Waals surface area contributed by atoms with Crippen molar-refractivity contribution in [3.63, 3.8) is 0 Å². The highest BCUT2D eigenvalue weighted by Gasteiger charge is 2.13. The molecule has 0 unspecified atom stereocenters. The van der Waals surface area contributed by atoms with Gasteiger partial charge in [-0.15, -0.1) is 10.2 Å². The first-order valence-corrected chi connectivity index (χ1v) is 7.40. The quantitative estimate of drug-likeness (QED) is 0.816. The van der Waals surface area contributed by atoms with E-state index in [1.807, 2.05) is 6.26 Å². The van der Waals surface area contributed by atoms with Crippen LogP contribution in [0.15, 0.2) is 12.1 Å². The van der Waals surface area contributed by atoms with Crippen molar-refractivity contribution in [1.82, 2.24) is 15.1 Å². The summed E-state index contributed by atoms with van der Waals surface area (Å²) < 4.78 is 0. The standard InChI is InChI=1S/C12H20N4OS/c1-4-7-13-11-6-5-10(14-15-11)12(17)16(2)8-9-18-3/h5-6H,4,7-9H2,1-3H3,(H,13,15). The first-order chi connectivity index (χ1) is 8.69. The fourth-order valence-electron chi connectivity index (χ4n) is 1.32. The van der Waals surface area contributed by atoms with E-state index >= 15 is 0 Å². The average molecular weight is 268 g/mol. The molecule has 0 spiro atoms. The molecule has 0 radical (unpaired) electrons. The molecule has 1 rings (SSSR count). The zero-order chi connectivity index (χ0) is 13.4. The second-order valence-electron chi connectivity index (χ2n) is 3.95. The summed E-state index contributed by atoms with van der Waals surface area (Å²) in [5, 5.41) is 11.1. The molecule has 0 atom stereocenters. The maximum Gasteiger partial charge on any atom is 0.274 e. The number of rotatable bonds is 7. The Morgan fingerprint density at radius 2 is 2.22 bits per heavy atom. The van der Waals surface area contributed by atoms with E-state index < -0.39 is 0 Å². The van der Waals surface area contributed by atoms with Crippen molar-refractivity contribution in [2.45, 2.75) is 13.3 Å². The summed E-state index contributed by atoms with van der Waals surface area (Å²) in [7, 11) is 1.78. The van der Waals surface area contributed by atoms with E-state index in [-0.39, 0.29) is 5.91 Å². The van der Waals surface area contributed by atoms with E-state index in [1.165, 1.54) is 0 Å². The molecule has 1 N–H and O–H groups in total. The molecule has 1 amide bonds. The van der Waals surface area contributed by atoms with Gasteiger partial charge in [0.2, 0.25) is 0 Å². The Hall–Kier alpha value is -1.30. The van der Waals surface area contributed by atoms with E-state index in [4.69, 9.17) is 0 Å². The Labute approximate surface area is 112 Å². The molecule has 0 fully saturated rings. The summed E-state index contributed by atoms with van der Waals surface area (Å²) in [5.74, 6) is 1.55. The van der Waals surface area contributed by atoms with Crippen LogP contribution in [0, 0.1) is 0 Å². The second-order valence-corrected chi connectivity index (χ2v) is 4.94. The van der Waals surface area contributed by atoms with Gasteiger partial charge in [0.05, 0.1) is 0 Å². The van der Waals surface area contributed by atoms with Gasteiger partial charge in [0, 0.05) is 25.9 Å². The van der Waals surface area contributed by atoms with Crippen LogP contribution in [0.25, 0.3) is 0 Å². The van der Waals surface area contributed by atoms with Crippen LogP contribution in [0.3, 0.4) is 0 Å². The van der Waals surface area contributed by atoms with E-state index in [0.29, 0.717) is 11.5 Å². The first-order valence-electron chi connectivity index (χ1n) is 6.01. The third kappa shape index (κ3) is 4.52. The molecular weight excluding hydrogens is 248 g/mol. The molecule has 6 heteroatoms. The molecule has 0 aliphatic heterocycles. The van der Waals surface area contributed by atoms with Gasteiger partial charge in [0.15, 0.2) is 5.69 Å². The average Bonchev–Trinajstić information content (AvgIpc) is 2.42. The van der Waals surface area contributed by atoms with Gasteiger partial charge < -0.3 is 10.2 Å². The molecule has 1 heterocycles. The van der Waals surface area contributed by atoms with Crippen molar-refractivity contribution in [3.8, 4) is 0 Å². The Bertz CT molecular complexity index is 369. The second kappa shape index (κ2) is 7.92. The van der Waals surface area contributed by atoms with Crippen LogP contribution < -0.4 is 5.32 Å². The predicted octanol–water partition coefficient (Wildman–Crippen LogP) is 1.73. The lowest BCUT2D eigenvalue weighted by Gasteiger charge is -2.15. The van der Waals surface area contributed by atoms with Crippen LogP contribution in [0.2, 0.25) is 0 Å². The molecule has 0 aliphatic rings. The lowest BCUT2D eigenvalue weighted by molar-refractivity contribution is 0.0797. The number of anilines is 1. The monoisotopic (exact) mass is 268 g/mol. The Balaban J connectivity index is 2.58. The summed E-state index contributed by atoms with van der Waals surface area (Å²) in [5.41, 5.74) is 0.389. The molecule has 0 bridgehead atoms. The van der Waals surface area contributed by atoms with Gasteiger partial charge in [-0.25, -0.2) is 0 Å². The third-order valence-corrected chi connectivity index (χ3v) is 3.01. The molecule has 0 aromatic carbocycles. The van der Waals surface area contributed by atoms with Crippen LogP contribution in [-0.2, 0) is 0 Å². The van der Waals surface area contributed by atoms with Gasteiger partial charge in [-0.2, -0.15) is 11.8 Å². The highest BCUT2D eigenvalue weighted by Crippen LogP contribution is 2.05. The summed E-state index contributed by atoms with van der Waals surface area (Å²) >= 11 is 1.71. The van der Waals surface area contributed by atoms with E-state index in [1.54, 1.807) is 35.8 Å². The number of hydrogen-bond acceptors (Lipinski definition) is 5. The van der Waals surface area contributed by atoms with E-state index in [0.717, 1.165) is 25.3 Å². The lowest BCUT2D eigenvalue weighted by atomic mass is 10.3. The first kappa shape index (κ1) is 14.8. The lowest BCUT2D eigenvalue weighted by Crippen LogP contribution is -2.29. The summed E-state index contributed by atoms with van der Waals surface area (Å²) in [4.78, 5) is 13.6. The minimum Gasteiger partial charge on any atom is -0.369 e. The number of carbonyl (C=O) groups excluding carboxylic acids is 1. The number of hydrogen-bond donors (Lipinski definition) is 1. The predicted molar refractivity (Wildman–Crippen MR) is 76.2 cm³/mol. The number of thioether (sulfide) groups is 1. The highest BCUT2D eigenvalue weighted by molar-refractivity contribution is 7.98. The van der Waals surface area contributed by atoms with Crippen molar-refractivity contribution < 1.29 is 4.79 Å². The Kier molecular flexibility index (Phi) is 6.49. The minimum atomic E-state index is -0.0846. The third-order valence-electron chi connectivity index (χ3n) is 2.42. The fraction of sp³-hybridized carbons (Fsp3) is 0.583. The fourth-order valence-corrected chi connectivity index (χ4v) is 1.78. The molecule has 100 valence electrons. The number of aromatic nitrogens is 2. The van der Waals surface area contributed by atoms with Crippen molar-refractivity contribution in [2.75, 3.05) is 37.5 Å². The largest absolute Gasteiger partial charge is 0.369 e. The molecule has 0 aliphatic carbocycles. The van der Waals surface area contributed by atoms with Gasteiger partial charge in [0.1, 0.15) is 5.82 Å². The summed E-state index contributed by atoms with van der Waals surface area (Å²) in [6.07, 6.45) is 3.05. The van der Waals surface area contributed by atoms with Crippen molar-refractivity contribution in [1.29, 1.82) is 0 Å². The van der Waals surface area contributed by atoms with Crippen LogP contribution in [-0.4, -0.2) is 53.2 Å². The molecule has 0 saturated carbocycles.